The fourth-order valence-corrected chi connectivity index (χ4v) is 7.99. The number of carbonyl (C=O) groups excluding carboxylic acids is 3. The average Bonchev–Trinajstić information content (AvgIpc) is 3.35. The molecule has 71 heavy (non-hydrogen) atoms. The quantitative estimate of drug-likeness (QED) is 0.0228. The highest BCUT2D eigenvalue weighted by atomic mass is 16.7. The largest absolute Gasteiger partial charge is 0.479 e. The molecule has 0 spiro atoms. The number of hydrogen-bond donors (Lipinski definition) is 3. The maximum Gasteiger partial charge on any atom is 0.335 e. The molecule has 1 heterocycles. The molecule has 0 aromatic carbocycles. The zero-order valence-corrected chi connectivity index (χ0v) is 44.4. The Kier molecular flexibility index (Phi) is 43.3. The van der Waals surface area contributed by atoms with E-state index in [1.54, 1.807) is 0 Å². The maximum absolute atomic E-state index is 13.1. The highest BCUT2D eigenvalue weighted by Gasteiger charge is 2.50. The van der Waals surface area contributed by atoms with Crippen molar-refractivity contribution in [3.63, 3.8) is 0 Å². The first kappa shape index (κ1) is 65.2. The molecule has 0 aliphatic carbocycles. The highest BCUT2D eigenvalue weighted by Crippen LogP contribution is 2.26. The summed E-state index contributed by atoms with van der Waals surface area (Å²) in [4.78, 5) is 50.9. The highest BCUT2D eigenvalue weighted by molar-refractivity contribution is 5.74. The van der Waals surface area contributed by atoms with Gasteiger partial charge in [-0.1, -0.05) is 196 Å². The number of aliphatic hydroxyl groups is 2. The van der Waals surface area contributed by atoms with Gasteiger partial charge in [0.05, 0.1) is 6.61 Å². The van der Waals surface area contributed by atoms with Gasteiger partial charge in [-0.2, -0.15) is 0 Å². The summed E-state index contributed by atoms with van der Waals surface area (Å²) in [5, 5.41) is 31.4. The molecule has 0 amide bonds. The number of aliphatic hydroxyl groups excluding tert-OH is 2. The van der Waals surface area contributed by atoms with Crippen molar-refractivity contribution in [1.29, 1.82) is 0 Å². The Morgan fingerprint density at radius 3 is 1.42 bits per heavy atom. The van der Waals surface area contributed by atoms with Crippen LogP contribution in [0.25, 0.3) is 0 Å². The third-order valence-corrected chi connectivity index (χ3v) is 12.3. The molecule has 12 heteroatoms. The number of carboxylic acids is 1. The van der Waals surface area contributed by atoms with Crippen LogP contribution in [0.15, 0.2) is 72.9 Å². The third-order valence-electron chi connectivity index (χ3n) is 12.3. The number of carboxylic acid groups (broad SMARTS) is 1. The van der Waals surface area contributed by atoms with Crippen LogP contribution in [0.3, 0.4) is 0 Å². The molecule has 1 aliphatic rings. The lowest BCUT2D eigenvalue weighted by Gasteiger charge is -2.40. The molecular weight excluding hydrogens is 901 g/mol. The molecule has 6 atom stereocenters. The van der Waals surface area contributed by atoms with Gasteiger partial charge in [0.2, 0.25) is 0 Å². The number of ether oxygens (including phenoxy) is 5. The molecular formula is C59H98O12. The smallest absolute Gasteiger partial charge is 0.335 e. The topological polar surface area (TPSA) is 175 Å². The number of hydrogen-bond acceptors (Lipinski definition) is 11. The predicted molar refractivity (Wildman–Crippen MR) is 285 cm³/mol. The van der Waals surface area contributed by atoms with E-state index in [1.165, 1.54) is 70.6 Å². The van der Waals surface area contributed by atoms with Crippen molar-refractivity contribution >= 4 is 23.9 Å². The summed E-state index contributed by atoms with van der Waals surface area (Å²) < 4.78 is 28.3. The zero-order valence-electron chi connectivity index (χ0n) is 44.4. The van der Waals surface area contributed by atoms with Crippen LogP contribution in [0.4, 0.5) is 0 Å². The maximum atomic E-state index is 13.1. The number of carbonyl (C=O) groups is 4. The molecule has 0 bridgehead atoms. The van der Waals surface area contributed by atoms with Crippen LogP contribution in [-0.4, -0.2) is 89.2 Å². The van der Waals surface area contributed by atoms with Gasteiger partial charge in [0.1, 0.15) is 18.8 Å². The Bertz CT molecular complexity index is 1510. The summed E-state index contributed by atoms with van der Waals surface area (Å²) in [5.41, 5.74) is 0. The van der Waals surface area contributed by atoms with Gasteiger partial charge >= 0.3 is 23.9 Å². The lowest BCUT2D eigenvalue weighted by Crippen LogP contribution is -2.61. The fraction of sp³-hybridized carbons (Fsp3) is 0.729. The second kappa shape index (κ2) is 47.2. The molecule has 0 radical (unpaired) electrons. The molecule has 0 aromatic rings. The van der Waals surface area contributed by atoms with Gasteiger partial charge in [0.15, 0.2) is 24.6 Å². The van der Waals surface area contributed by atoms with Gasteiger partial charge in [-0.15, -0.1) is 0 Å². The minimum Gasteiger partial charge on any atom is -0.479 e. The average molecular weight is 999 g/mol. The van der Waals surface area contributed by atoms with Crippen molar-refractivity contribution in [1.82, 2.24) is 0 Å². The van der Waals surface area contributed by atoms with E-state index < -0.39 is 67.3 Å². The Morgan fingerprint density at radius 2 is 0.901 bits per heavy atom. The first-order chi connectivity index (χ1) is 34.6. The normalized spacial score (nSPS) is 19.0. The minimum atomic E-state index is -1.91. The van der Waals surface area contributed by atoms with Gasteiger partial charge in [-0.25, -0.2) is 4.79 Å². The molecule has 6 unspecified atom stereocenters. The molecule has 12 nitrogen and oxygen atoms in total. The van der Waals surface area contributed by atoms with E-state index in [-0.39, 0.29) is 25.9 Å². The summed E-state index contributed by atoms with van der Waals surface area (Å²) in [7, 11) is 0. The van der Waals surface area contributed by atoms with Crippen LogP contribution in [-0.2, 0) is 42.9 Å². The van der Waals surface area contributed by atoms with Crippen molar-refractivity contribution < 1.29 is 58.2 Å². The minimum absolute atomic E-state index is 0.0440. The van der Waals surface area contributed by atoms with E-state index >= 15 is 0 Å². The fourth-order valence-electron chi connectivity index (χ4n) is 7.99. The number of unbranched alkanes of at least 4 members (excludes halogenated alkanes) is 20. The van der Waals surface area contributed by atoms with Crippen LogP contribution < -0.4 is 0 Å². The zero-order chi connectivity index (χ0) is 51.8. The van der Waals surface area contributed by atoms with Gasteiger partial charge < -0.3 is 39.0 Å². The molecule has 1 saturated heterocycles. The molecule has 3 N–H and O–H groups in total. The molecule has 1 aliphatic heterocycles. The number of rotatable bonds is 46. The van der Waals surface area contributed by atoms with Crippen molar-refractivity contribution in [2.24, 2.45) is 0 Å². The van der Waals surface area contributed by atoms with Gasteiger partial charge in [-0.3, -0.25) is 14.4 Å². The van der Waals surface area contributed by atoms with Crippen LogP contribution in [0.5, 0.6) is 0 Å². The molecule has 0 saturated carbocycles. The number of esters is 3. The predicted octanol–water partition coefficient (Wildman–Crippen LogP) is 13.8. The van der Waals surface area contributed by atoms with Gasteiger partial charge in [-0.05, 0) is 83.5 Å². The summed E-state index contributed by atoms with van der Waals surface area (Å²) in [6.07, 6.45) is 46.0. The first-order valence-electron chi connectivity index (χ1n) is 27.9. The standard InChI is InChI=1S/C59H98O12/c1-4-7-10-13-16-19-22-24-25-26-27-29-31-33-36-39-42-45-51(60)67-48-50(69-52(61)46-43-40-37-34-30-21-18-15-12-9-6-3)49-68-59-57(55(64)54(63)56(71-59)58(65)66)70-53(62)47-44-41-38-35-32-28-23-20-17-14-11-8-5-2/h7,10,16,19-20,23-25,27,29,33,36,50,54-57,59,63-64H,4-6,8-9,11-15,17-18,21-22,26,28,30-32,34-35,37-49H2,1-3H3,(H,65,66)/b10-7-,19-16-,23-20-,25-24-,29-27-,36-33-. The molecule has 406 valence electrons. The van der Waals surface area contributed by atoms with Gasteiger partial charge in [0.25, 0.3) is 0 Å². The first-order valence-corrected chi connectivity index (χ1v) is 27.9. The molecule has 1 rings (SSSR count). The van der Waals surface area contributed by atoms with E-state index in [2.05, 4.69) is 87.6 Å². The van der Waals surface area contributed by atoms with Crippen LogP contribution >= 0.6 is 0 Å². The Labute approximate surface area is 429 Å². The van der Waals surface area contributed by atoms with E-state index in [0.717, 1.165) is 89.9 Å². The van der Waals surface area contributed by atoms with Crippen LogP contribution in [0.2, 0.25) is 0 Å². The van der Waals surface area contributed by atoms with Crippen LogP contribution in [0, 0.1) is 0 Å². The van der Waals surface area contributed by atoms with Crippen molar-refractivity contribution in [2.45, 2.75) is 263 Å². The molecule has 1 fully saturated rings. The SMILES string of the molecule is CC/C=C\C/C=C\C/C=C\C/C=C\C/C=C\CCCC(=O)OCC(COC1OC(C(=O)O)C(O)C(O)C1OC(=O)CCCCCCC/C=C\CCCCCC)OC(=O)CCCCCCCCCCCCC. The molecule has 0 aromatic heterocycles. The number of aliphatic carboxylic acids is 1. The van der Waals surface area contributed by atoms with Gasteiger partial charge in [0, 0.05) is 19.3 Å². The number of allylic oxidation sites excluding steroid dienone is 12. The van der Waals surface area contributed by atoms with Crippen LogP contribution in [0.1, 0.15) is 226 Å². The lowest BCUT2D eigenvalue weighted by atomic mass is 9.98. The second-order valence-electron chi connectivity index (χ2n) is 18.8. The monoisotopic (exact) mass is 999 g/mol. The second-order valence-corrected chi connectivity index (χ2v) is 18.8. The lowest BCUT2D eigenvalue weighted by molar-refractivity contribution is -0.301. The Morgan fingerprint density at radius 1 is 0.479 bits per heavy atom. The van der Waals surface area contributed by atoms with Crippen molar-refractivity contribution in [3.05, 3.63) is 72.9 Å². The summed E-state index contributed by atoms with van der Waals surface area (Å²) in [6, 6.07) is 0. The van der Waals surface area contributed by atoms with E-state index in [9.17, 15) is 34.5 Å². The van der Waals surface area contributed by atoms with Crippen molar-refractivity contribution in [3.8, 4) is 0 Å². The Hall–Kier alpha value is -3.84. The summed E-state index contributed by atoms with van der Waals surface area (Å²) in [6.45, 7) is 5.78. The summed E-state index contributed by atoms with van der Waals surface area (Å²) in [5.74, 6) is -3.21. The Balaban J connectivity index is 2.74. The third kappa shape index (κ3) is 37.6. The summed E-state index contributed by atoms with van der Waals surface area (Å²) >= 11 is 0. The van der Waals surface area contributed by atoms with E-state index in [1.807, 2.05) is 6.08 Å². The van der Waals surface area contributed by atoms with E-state index in [4.69, 9.17) is 23.7 Å². The van der Waals surface area contributed by atoms with E-state index in [0.29, 0.717) is 25.7 Å². The van der Waals surface area contributed by atoms with Crippen molar-refractivity contribution in [2.75, 3.05) is 13.2 Å².